The molecule has 18 heavy (non-hydrogen) atoms. The van der Waals surface area contributed by atoms with Crippen molar-refractivity contribution in [1.29, 1.82) is 0 Å². The summed E-state index contributed by atoms with van der Waals surface area (Å²) in [6.07, 6.45) is 7.84. The number of carbonyl (C=O) groups is 1. The quantitative estimate of drug-likeness (QED) is 0.715. The van der Waals surface area contributed by atoms with E-state index < -0.39 is 0 Å². The molecule has 104 valence electrons. The van der Waals surface area contributed by atoms with Gasteiger partial charge >= 0.3 is 0 Å². The third-order valence-corrected chi connectivity index (χ3v) is 5.52. The average Bonchev–Trinajstić information content (AvgIpc) is 2.88. The monoisotopic (exact) mass is 271 g/mol. The highest BCUT2D eigenvalue weighted by atomic mass is 35.5. The van der Waals surface area contributed by atoms with Crippen LogP contribution in [0, 0.1) is 11.3 Å². The largest absolute Gasteiger partial charge is 0.342 e. The molecule has 2 rings (SSSR count). The van der Waals surface area contributed by atoms with Crippen molar-refractivity contribution >= 4 is 17.5 Å². The molecule has 1 aliphatic carbocycles. The van der Waals surface area contributed by atoms with E-state index in [0.29, 0.717) is 11.8 Å². The second kappa shape index (κ2) is 5.81. The van der Waals surface area contributed by atoms with Crippen LogP contribution in [0.15, 0.2) is 0 Å². The Labute approximate surface area is 116 Å². The predicted octanol–water partition coefficient (Wildman–Crippen LogP) is 3.82. The molecule has 1 atom stereocenters. The van der Waals surface area contributed by atoms with Crippen LogP contribution in [0.2, 0.25) is 0 Å². The lowest BCUT2D eigenvalue weighted by Crippen LogP contribution is -2.47. The van der Waals surface area contributed by atoms with E-state index in [1.807, 2.05) is 0 Å². The zero-order valence-corrected chi connectivity index (χ0v) is 12.5. The van der Waals surface area contributed by atoms with E-state index in [1.165, 1.54) is 12.8 Å². The lowest BCUT2D eigenvalue weighted by Gasteiger charge is -2.38. The number of nitrogens with zero attached hydrogens (tertiary/aromatic N) is 1. The van der Waals surface area contributed by atoms with Crippen LogP contribution in [0.4, 0.5) is 0 Å². The number of hydrogen-bond donors (Lipinski definition) is 0. The maximum Gasteiger partial charge on any atom is 0.228 e. The number of rotatable bonds is 3. The molecular formula is C15H26ClNO. The minimum absolute atomic E-state index is 0.0145. The number of carbonyl (C=O) groups excluding carboxylic acids is 1. The van der Waals surface area contributed by atoms with Crippen LogP contribution in [0.5, 0.6) is 0 Å². The third-order valence-electron chi connectivity index (χ3n) is 5.17. The molecule has 0 spiro atoms. The summed E-state index contributed by atoms with van der Waals surface area (Å²) in [5.74, 6) is 1.03. The molecule has 0 aromatic heterocycles. The summed E-state index contributed by atoms with van der Waals surface area (Å²) in [4.78, 5) is 14.8. The number of alkyl halides is 1. The van der Waals surface area contributed by atoms with Gasteiger partial charge in [0.25, 0.3) is 0 Å². The fourth-order valence-electron chi connectivity index (χ4n) is 3.67. The van der Waals surface area contributed by atoms with Gasteiger partial charge in [-0.3, -0.25) is 4.79 Å². The van der Waals surface area contributed by atoms with Gasteiger partial charge in [0.05, 0.1) is 0 Å². The number of hydrogen-bond acceptors (Lipinski definition) is 1. The second-order valence-electron chi connectivity index (χ2n) is 6.15. The maximum absolute atomic E-state index is 12.7. The third kappa shape index (κ3) is 2.68. The Morgan fingerprint density at radius 3 is 2.33 bits per heavy atom. The summed E-state index contributed by atoms with van der Waals surface area (Å²) >= 11 is 6.16. The van der Waals surface area contributed by atoms with Gasteiger partial charge in [-0.2, -0.15) is 0 Å². The van der Waals surface area contributed by atoms with Crippen molar-refractivity contribution < 1.29 is 4.79 Å². The SMILES string of the molecule is CCC1(C(=O)N2CCC(C(C)Cl)CC2)CCCC1. The van der Waals surface area contributed by atoms with E-state index in [0.717, 1.165) is 45.2 Å². The standard InChI is InChI=1S/C15H26ClNO/c1-3-15(8-4-5-9-15)14(18)17-10-6-13(7-11-17)12(2)16/h12-13H,3-11H2,1-2H3. The van der Waals surface area contributed by atoms with Crippen molar-refractivity contribution in [1.82, 2.24) is 4.90 Å². The molecule has 1 aliphatic heterocycles. The van der Waals surface area contributed by atoms with E-state index in [-0.39, 0.29) is 10.8 Å². The Kier molecular flexibility index (Phi) is 4.58. The maximum atomic E-state index is 12.7. The zero-order valence-electron chi connectivity index (χ0n) is 11.8. The van der Waals surface area contributed by atoms with Crippen LogP contribution in [0.1, 0.15) is 58.8 Å². The minimum Gasteiger partial charge on any atom is -0.342 e. The van der Waals surface area contributed by atoms with Crippen molar-refractivity contribution in [2.75, 3.05) is 13.1 Å². The first-order valence-corrected chi connectivity index (χ1v) is 7.96. The molecule has 1 saturated carbocycles. The molecule has 1 saturated heterocycles. The number of amides is 1. The van der Waals surface area contributed by atoms with Crippen molar-refractivity contribution in [2.24, 2.45) is 11.3 Å². The predicted molar refractivity (Wildman–Crippen MR) is 75.8 cm³/mol. The summed E-state index contributed by atoms with van der Waals surface area (Å²) in [7, 11) is 0. The molecule has 0 N–H and O–H groups in total. The first-order chi connectivity index (χ1) is 8.59. The first kappa shape index (κ1) is 14.2. The highest BCUT2D eigenvalue weighted by Crippen LogP contribution is 2.43. The lowest BCUT2D eigenvalue weighted by molar-refractivity contribution is -0.143. The van der Waals surface area contributed by atoms with Crippen molar-refractivity contribution in [3.05, 3.63) is 0 Å². The summed E-state index contributed by atoms with van der Waals surface area (Å²) in [6.45, 7) is 6.09. The van der Waals surface area contributed by atoms with E-state index in [2.05, 4.69) is 18.7 Å². The summed E-state index contributed by atoms with van der Waals surface area (Å²) in [5.41, 5.74) is -0.0145. The number of likely N-dealkylation sites (tertiary alicyclic amines) is 1. The smallest absolute Gasteiger partial charge is 0.228 e. The molecular weight excluding hydrogens is 246 g/mol. The van der Waals surface area contributed by atoms with Crippen LogP contribution in [-0.4, -0.2) is 29.3 Å². The summed E-state index contributed by atoms with van der Waals surface area (Å²) in [5, 5.41) is 0.244. The van der Waals surface area contributed by atoms with Crippen LogP contribution in [-0.2, 0) is 4.79 Å². The van der Waals surface area contributed by atoms with Gasteiger partial charge in [0, 0.05) is 23.9 Å². The molecule has 1 heterocycles. The van der Waals surface area contributed by atoms with Gasteiger partial charge in [-0.1, -0.05) is 19.8 Å². The van der Waals surface area contributed by atoms with Crippen LogP contribution in [0.25, 0.3) is 0 Å². The fourth-order valence-corrected chi connectivity index (χ4v) is 3.92. The van der Waals surface area contributed by atoms with E-state index in [4.69, 9.17) is 11.6 Å². The van der Waals surface area contributed by atoms with E-state index >= 15 is 0 Å². The highest BCUT2D eigenvalue weighted by molar-refractivity contribution is 6.20. The fraction of sp³-hybridized carbons (Fsp3) is 0.933. The Bertz CT molecular complexity index is 289. The number of piperidine rings is 1. The lowest BCUT2D eigenvalue weighted by atomic mass is 9.81. The van der Waals surface area contributed by atoms with Gasteiger partial charge < -0.3 is 4.90 Å². The Balaban J connectivity index is 1.94. The van der Waals surface area contributed by atoms with Gasteiger partial charge in [0.1, 0.15) is 0 Å². The van der Waals surface area contributed by atoms with Gasteiger partial charge in [0.2, 0.25) is 5.91 Å². The van der Waals surface area contributed by atoms with Crippen molar-refractivity contribution in [3.63, 3.8) is 0 Å². The van der Waals surface area contributed by atoms with Crippen LogP contribution in [0.3, 0.4) is 0 Å². The second-order valence-corrected chi connectivity index (χ2v) is 6.84. The Morgan fingerprint density at radius 1 is 1.33 bits per heavy atom. The van der Waals surface area contributed by atoms with Gasteiger partial charge in [0.15, 0.2) is 0 Å². The molecule has 0 bridgehead atoms. The van der Waals surface area contributed by atoms with E-state index in [9.17, 15) is 4.79 Å². The zero-order chi connectivity index (χ0) is 13.2. The molecule has 1 unspecified atom stereocenters. The van der Waals surface area contributed by atoms with Crippen LogP contribution < -0.4 is 0 Å². The summed E-state index contributed by atoms with van der Waals surface area (Å²) in [6, 6.07) is 0. The summed E-state index contributed by atoms with van der Waals surface area (Å²) < 4.78 is 0. The first-order valence-electron chi connectivity index (χ1n) is 7.52. The molecule has 2 fully saturated rings. The molecule has 2 nitrogen and oxygen atoms in total. The van der Waals surface area contributed by atoms with E-state index in [1.54, 1.807) is 0 Å². The molecule has 2 aliphatic rings. The molecule has 0 aromatic rings. The van der Waals surface area contributed by atoms with Crippen LogP contribution >= 0.6 is 11.6 Å². The van der Waals surface area contributed by atoms with Gasteiger partial charge in [-0.25, -0.2) is 0 Å². The highest BCUT2D eigenvalue weighted by Gasteiger charge is 2.42. The average molecular weight is 272 g/mol. The van der Waals surface area contributed by atoms with Gasteiger partial charge in [-0.15, -0.1) is 11.6 Å². The number of halogens is 1. The Hall–Kier alpha value is -0.240. The molecule has 0 radical (unpaired) electrons. The molecule has 1 amide bonds. The normalized spacial score (nSPS) is 26.3. The molecule has 0 aromatic carbocycles. The molecule has 3 heteroatoms. The topological polar surface area (TPSA) is 20.3 Å². The Morgan fingerprint density at radius 2 is 1.89 bits per heavy atom. The van der Waals surface area contributed by atoms with Gasteiger partial charge in [-0.05, 0) is 44.9 Å². The van der Waals surface area contributed by atoms with Crippen molar-refractivity contribution in [2.45, 2.75) is 64.2 Å². The van der Waals surface area contributed by atoms with Crippen molar-refractivity contribution in [3.8, 4) is 0 Å². The minimum atomic E-state index is -0.0145.